The van der Waals surface area contributed by atoms with Crippen LogP contribution in [0, 0.1) is 0 Å². The maximum Gasteiger partial charge on any atom is 0.0355 e. The number of rotatable bonds is 5. The number of aryl methyl sites for hydroxylation is 2. The molecule has 2 aromatic rings. The molecule has 126 valence electrons. The minimum Gasteiger partial charge on any atom is -0.301 e. The zero-order valence-electron chi connectivity index (χ0n) is 14.5. The zero-order valence-corrected chi connectivity index (χ0v) is 14.5. The third-order valence-electron chi connectivity index (χ3n) is 5.73. The fourth-order valence-electron chi connectivity index (χ4n) is 4.36. The Morgan fingerprint density at radius 1 is 0.833 bits per heavy atom. The molecule has 2 aliphatic rings. The highest BCUT2D eigenvalue weighted by Gasteiger charge is 2.29. The van der Waals surface area contributed by atoms with Gasteiger partial charge in [-0.1, -0.05) is 54.6 Å². The lowest BCUT2D eigenvalue weighted by Crippen LogP contribution is -2.47. The van der Waals surface area contributed by atoms with E-state index >= 15 is 0 Å². The molecular weight excluding hydrogens is 292 g/mol. The van der Waals surface area contributed by atoms with Gasteiger partial charge in [0.15, 0.2) is 0 Å². The Hall–Kier alpha value is -1.64. The van der Waals surface area contributed by atoms with Crippen molar-refractivity contribution < 1.29 is 0 Å². The fraction of sp³-hybridized carbons (Fsp3) is 0.455. The average Bonchev–Trinajstić information content (AvgIpc) is 3.07. The molecule has 0 amide bonds. The summed E-state index contributed by atoms with van der Waals surface area (Å²) in [6.45, 7) is 6.15. The third kappa shape index (κ3) is 3.55. The van der Waals surface area contributed by atoms with E-state index in [2.05, 4.69) is 64.4 Å². The number of piperazine rings is 1. The maximum atomic E-state index is 2.72. The first kappa shape index (κ1) is 15.9. The molecule has 2 aromatic carbocycles. The first-order chi connectivity index (χ1) is 11.9. The van der Waals surface area contributed by atoms with E-state index in [0.717, 1.165) is 0 Å². The molecule has 1 atom stereocenters. The molecule has 1 aliphatic carbocycles. The van der Waals surface area contributed by atoms with Gasteiger partial charge in [0.1, 0.15) is 0 Å². The lowest BCUT2D eigenvalue weighted by atomic mass is 10.1. The second-order valence-corrected chi connectivity index (χ2v) is 7.22. The minimum absolute atomic E-state index is 0.674. The minimum atomic E-state index is 0.674. The van der Waals surface area contributed by atoms with Crippen LogP contribution in [0.1, 0.15) is 35.6 Å². The van der Waals surface area contributed by atoms with Gasteiger partial charge < -0.3 is 4.90 Å². The van der Waals surface area contributed by atoms with Crippen LogP contribution < -0.4 is 0 Å². The summed E-state index contributed by atoms with van der Waals surface area (Å²) in [6, 6.07) is 20.6. The van der Waals surface area contributed by atoms with Gasteiger partial charge in [0.25, 0.3) is 0 Å². The van der Waals surface area contributed by atoms with Crippen LogP contribution in [0.3, 0.4) is 0 Å². The lowest BCUT2D eigenvalue weighted by Gasteiger charge is -2.38. The van der Waals surface area contributed by atoms with Crippen LogP contribution in [0.2, 0.25) is 0 Å². The number of nitrogens with zero attached hydrogens (tertiary/aromatic N) is 2. The summed E-state index contributed by atoms with van der Waals surface area (Å²) in [5.74, 6) is 0. The number of hydrogen-bond donors (Lipinski definition) is 0. The monoisotopic (exact) mass is 320 g/mol. The summed E-state index contributed by atoms with van der Waals surface area (Å²) in [5.41, 5.74) is 4.64. The zero-order chi connectivity index (χ0) is 16.2. The van der Waals surface area contributed by atoms with E-state index in [1.54, 1.807) is 11.1 Å². The molecule has 1 saturated heterocycles. The SMILES string of the molecule is c1ccc(CCCN2CCN([C@H]3CCc4ccccc43)CC2)cc1. The van der Waals surface area contributed by atoms with E-state index in [1.165, 1.54) is 64.0 Å². The maximum absolute atomic E-state index is 2.72. The molecule has 0 unspecified atom stereocenters. The Bertz CT molecular complexity index is 644. The Kier molecular flexibility index (Phi) is 4.96. The molecule has 0 aromatic heterocycles. The summed E-state index contributed by atoms with van der Waals surface area (Å²) < 4.78 is 0. The standard InChI is InChI=1S/C22H28N2/c1-2-7-19(8-3-1)9-6-14-23-15-17-24(18-16-23)22-13-12-20-10-4-5-11-21(20)22/h1-5,7-8,10-11,22H,6,9,12-18H2/t22-/m0/s1. The molecule has 24 heavy (non-hydrogen) atoms. The normalized spacial score (nSPS) is 21.8. The van der Waals surface area contributed by atoms with Gasteiger partial charge in [0, 0.05) is 32.2 Å². The number of benzene rings is 2. The molecule has 0 N–H and O–H groups in total. The summed E-state index contributed by atoms with van der Waals surface area (Å²) in [6.07, 6.45) is 5.05. The molecule has 2 nitrogen and oxygen atoms in total. The van der Waals surface area contributed by atoms with Crippen LogP contribution in [-0.4, -0.2) is 42.5 Å². The summed E-state index contributed by atoms with van der Waals surface area (Å²) >= 11 is 0. The van der Waals surface area contributed by atoms with E-state index in [-0.39, 0.29) is 0 Å². The van der Waals surface area contributed by atoms with E-state index in [9.17, 15) is 0 Å². The molecular formula is C22H28N2. The Morgan fingerprint density at radius 3 is 2.42 bits per heavy atom. The van der Waals surface area contributed by atoms with Gasteiger partial charge in [0.05, 0.1) is 0 Å². The topological polar surface area (TPSA) is 6.48 Å². The number of fused-ring (bicyclic) bond motifs is 1. The van der Waals surface area contributed by atoms with Gasteiger partial charge in [-0.25, -0.2) is 0 Å². The van der Waals surface area contributed by atoms with Crippen molar-refractivity contribution in [3.05, 3.63) is 71.3 Å². The van der Waals surface area contributed by atoms with Gasteiger partial charge in [-0.05, 0) is 48.9 Å². The molecule has 1 heterocycles. The molecule has 0 saturated carbocycles. The van der Waals surface area contributed by atoms with E-state index < -0.39 is 0 Å². The second kappa shape index (κ2) is 7.50. The van der Waals surface area contributed by atoms with Crippen molar-refractivity contribution in [1.82, 2.24) is 9.80 Å². The van der Waals surface area contributed by atoms with Gasteiger partial charge >= 0.3 is 0 Å². The summed E-state index contributed by atoms with van der Waals surface area (Å²) in [7, 11) is 0. The molecule has 0 radical (unpaired) electrons. The Morgan fingerprint density at radius 2 is 1.58 bits per heavy atom. The van der Waals surface area contributed by atoms with Crippen LogP contribution >= 0.6 is 0 Å². The van der Waals surface area contributed by atoms with Gasteiger partial charge in [0.2, 0.25) is 0 Å². The molecule has 4 rings (SSSR count). The largest absolute Gasteiger partial charge is 0.301 e. The van der Waals surface area contributed by atoms with Gasteiger partial charge in [-0.15, -0.1) is 0 Å². The highest BCUT2D eigenvalue weighted by molar-refractivity contribution is 5.34. The van der Waals surface area contributed by atoms with Crippen LogP contribution in [0.15, 0.2) is 54.6 Å². The smallest absolute Gasteiger partial charge is 0.0355 e. The summed E-state index contributed by atoms with van der Waals surface area (Å²) in [4.78, 5) is 5.37. The lowest BCUT2D eigenvalue weighted by molar-refractivity contribution is 0.0953. The average molecular weight is 320 g/mol. The predicted octanol–water partition coefficient (Wildman–Crippen LogP) is 3.92. The molecule has 0 bridgehead atoms. The molecule has 1 fully saturated rings. The summed E-state index contributed by atoms with van der Waals surface area (Å²) in [5, 5.41) is 0. The fourth-order valence-corrected chi connectivity index (χ4v) is 4.36. The second-order valence-electron chi connectivity index (χ2n) is 7.22. The quantitative estimate of drug-likeness (QED) is 0.824. The van der Waals surface area contributed by atoms with Gasteiger partial charge in [-0.2, -0.15) is 0 Å². The van der Waals surface area contributed by atoms with Crippen molar-refractivity contribution in [1.29, 1.82) is 0 Å². The van der Waals surface area contributed by atoms with Crippen molar-refractivity contribution in [3.63, 3.8) is 0 Å². The van der Waals surface area contributed by atoms with E-state index in [0.29, 0.717) is 6.04 Å². The Balaban J connectivity index is 1.24. The van der Waals surface area contributed by atoms with Crippen LogP contribution in [0.5, 0.6) is 0 Å². The van der Waals surface area contributed by atoms with Crippen LogP contribution in [0.25, 0.3) is 0 Å². The first-order valence-electron chi connectivity index (χ1n) is 9.48. The van der Waals surface area contributed by atoms with Crippen molar-refractivity contribution in [2.45, 2.75) is 31.7 Å². The molecule has 2 heteroatoms. The Labute approximate surface area is 146 Å². The van der Waals surface area contributed by atoms with Crippen molar-refractivity contribution in [2.75, 3.05) is 32.7 Å². The highest BCUT2D eigenvalue weighted by atomic mass is 15.3. The first-order valence-corrected chi connectivity index (χ1v) is 9.48. The third-order valence-corrected chi connectivity index (χ3v) is 5.73. The molecule has 0 spiro atoms. The molecule has 1 aliphatic heterocycles. The number of hydrogen-bond acceptors (Lipinski definition) is 2. The highest BCUT2D eigenvalue weighted by Crippen LogP contribution is 2.35. The van der Waals surface area contributed by atoms with Crippen molar-refractivity contribution >= 4 is 0 Å². The van der Waals surface area contributed by atoms with Gasteiger partial charge in [-0.3, -0.25) is 4.90 Å². The predicted molar refractivity (Wildman–Crippen MR) is 100 cm³/mol. The van der Waals surface area contributed by atoms with Crippen molar-refractivity contribution in [2.24, 2.45) is 0 Å². The van der Waals surface area contributed by atoms with Crippen LogP contribution in [-0.2, 0) is 12.8 Å². The van der Waals surface area contributed by atoms with E-state index in [4.69, 9.17) is 0 Å². The van der Waals surface area contributed by atoms with Crippen LogP contribution in [0.4, 0.5) is 0 Å². The van der Waals surface area contributed by atoms with E-state index in [1.807, 2.05) is 0 Å². The van der Waals surface area contributed by atoms with Crippen molar-refractivity contribution in [3.8, 4) is 0 Å².